The highest BCUT2D eigenvalue weighted by Crippen LogP contribution is 2.29. The van der Waals surface area contributed by atoms with Crippen molar-refractivity contribution in [2.45, 2.75) is 45.3 Å². The van der Waals surface area contributed by atoms with Gasteiger partial charge in [-0.2, -0.15) is 0 Å². The first-order valence-electron chi connectivity index (χ1n) is 13.7. The molecule has 0 aliphatic rings. The molecule has 1 atom stereocenters. The Morgan fingerprint density at radius 2 is 1.48 bits per heavy atom. The van der Waals surface area contributed by atoms with Gasteiger partial charge in [0.25, 0.3) is 0 Å². The third-order valence-corrected chi connectivity index (χ3v) is 8.09. The molecule has 4 aromatic rings. The van der Waals surface area contributed by atoms with Gasteiger partial charge in [-0.15, -0.1) is 0 Å². The molecule has 0 saturated heterocycles. The number of nitrogens with zero attached hydrogens (tertiary/aromatic N) is 2. The highest BCUT2D eigenvalue weighted by atomic mass is 35.5. The van der Waals surface area contributed by atoms with Gasteiger partial charge < -0.3 is 10.2 Å². The first-order chi connectivity index (χ1) is 19.8. The summed E-state index contributed by atoms with van der Waals surface area (Å²) >= 11 is 6.28. The van der Waals surface area contributed by atoms with Crippen LogP contribution in [0.25, 0.3) is 10.8 Å². The van der Waals surface area contributed by atoms with Crippen LogP contribution in [0.1, 0.15) is 31.9 Å². The van der Waals surface area contributed by atoms with Crippen LogP contribution in [0, 0.1) is 0 Å². The largest absolute Gasteiger partial charge is 0.350 e. The topological polar surface area (TPSA) is 86.8 Å². The van der Waals surface area contributed by atoms with E-state index >= 15 is 0 Å². The lowest BCUT2D eigenvalue weighted by Gasteiger charge is -2.35. The van der Waals surface area contributed by atoms with Gasteiger partial charge in [0.2, 0.25) is 21.8 Å². The molecule has 4 rings (SSSR count). The Balaban J connectivity index is 1.80. The minimum Gasteiger partial charge on any atom is -0.350 e. The number of nitrogens with one attached hydrogen (secondary N) is 1. The number of carbonyl (C=O) groups is 2. The molecule has 0 aromatic heterocycles. The van der Waals surface area contributed by atoms with Crippen LogP contribution in [-0.4, -0.2) is 49.5 Å². The predicted molar refractivity (Wildman–Crippen MR) is 170 cm³/mol. The molecule has 0 spiro atoms. The van der Waals surface area contributed by atoms with Gasteiger partial charge in [-0.25, -0.2) is 8.42 Å². The molecule has 220 valence electrons. The number of halogens is 1. The molecular formula is C33H36ClN3O4S. The lowest BCUT2D eigenvalue weighted by molar-refractivity contribution is -0.140. The fourth-order valence-corrected chi connectivity index (χ4v) is 5.93. The van der Waals surface area contributed by atoms with Gasteiger partial charge in [0, 0.05) is 28.9 Å². The Kier molecular flexibility index (Phi) is 9.59. The molecule has 7 nitrogen and oxygen atoms in total. The molecule has 0 saturated carbocycles. The van der Waals surface area contributed by atoms with E-state index in [2.05, 4.69) is 5.32 Å². The molecule has 0 unspecified atom stereocenters. The van der Waals surface area contributed by atoms with E-state index in [0.29, 0.717) is 21.7 Å². The van der Waals surface area contributed by atoms with Crippen LogP contribution in [0.3, 0.4) is 0 Å². The molecule has 1 N–H and O–H groups in total. The van der Waals surface area contributed by atoms with Crippen LogP contribution in [0.2, 0.25) is 5.02 Å². The van der Waals surface area contributed by atoms with E-state index in [9.17, 15) is 18.0 Å². The fraction of sp³-hybridized carbons (Fsp3) is 0.273. The van der Waals surface area contributed by atoms with E-state index in [4.69, 9.17) is 11.6 Å². The SMILES string of the molecule is CC(C)(C)NC(=O)[C@H](Cc1ccccc1)N(Cc1cccc(Cl)c1)C(=O)CN(c1cccc2ccccc12)S(C)(=O)=O. The minimum atomic E-state index is -3.89. The van der Waals surface area contributed by atoms with Gasteiger partial charge in [-0.1, -0.05) is 90.5 Å². The number of sulfonamides is 1. The zero-order valence-electron chi connectivity index (χ0n) is 24.2. The van der Waals surface area contributed by atoms with Crippen LogP contribution in [-0.2, 0) is 32.6 Å². The number of rotatable bonds is 10. The normalized spacial score (nSPS) is 12.5. The van der Waals surface area contributed by atoms with Crippen molar-refractivity contribution in [3.63, 3.8) is 0 Å². The molecule has 0 aliphatic carbocycles. The van der Waals surface area contributed by atoms with E-state index in [-0.39, 0.29) is 18.9 Å². The maximum Gasteiger partial charge on any atom is 0.244 e. The molecule has 9 heteroatoms. The first-order valence-corrected chi connectivity index (χ1v) is 15.9. The van der Waals surface area contributed by atoms with Crippen molar-refractivity contribution in [2.75, 3.05) is 17.1 Å². The molecule has 4 aromatic carbocycles. The molecule has 0 aliphatic heterocycles. The van der Waals surface area contributed by atoms with Gasteiger partial charge in [-0.3, -0.25) is 13.9 Å². The lowest BCUT2D eigenvalue weighted by atomic mass is 10.0. The van der Waals surface area contributed by atoms with E-state index in [0.717, 1.165) is 21.5 Å². The molecular weight excluding hydrogens is 570 g/mol. The highest BCUT2D eigenvalue weighted by molar-refractivity contribution is 7.92. The summed E-state index contributed by atoms with van der Waals surface area (Å²) in [6, 6.07) is 28.3. The van der Waals surface area contributed by atoms with Crippen LogP contribution >= 0.6 is 11.6 Å². The van der Waals surface area contributed by atoms with Crippen molar-refractivity contribution in [3.8, 4) is 0 Å². The Hall–Kier alpha value is -3.88. The number of anilines is 1. The van der Waals surface area contributed by atoms with Crippen LogP contribution in [0.15, 0.2) is 97.1 Å². The Labute approximate surface area is 253 Å². The lowest BCUT2D eigenvalue weighted by Crippen LogP contribution is -2.56. The second-order valence-corrected chi connectivity index (χ2v) is 13.7. The third-order valence-electron chi connectivity index (χ3n) is 6.73. The van der Waals surface area contributed by atoms with E-state index in [1.165, 1.54) is 4.90 Å². The third kappa shape index (κ3) is 8.11. The molecule has 0 heterocycles. The van der Waals surface area contributed by atoms with Crippen LogP contribution < -0.4 is 9.62 Å². The summed E-state index contributed by atoms with van der Waals surface area (Å²) in [4.78, 5) is 29.6. The number of fused-ring (bicyclic) bond motifs is 1. The average Bonchev–Trinajstić information content (AvgIpc) is 2.92. The predicted octanol–water partition coefficient (Wildman–Crippen LogP) is 5.81. The Morgan fingerprint density at radius 3 is 2.14 bits per heavy atom. The molecule has 42 heavy (non-hydrogen) atoms. The highest BCUT2D eigenvalue weighted by Gasteiger charge is 2.34. The number of hydrogen-bond donors (Lipinski definition) is 1. The van der Waals surface area contributed by atoms with E-state index in [1.54, 1.807) is 30.3 Å². The standard InChI is InChI=1S/C33H36ClN3O4S/c1-33(2,3)35-32(39)30(21-24-12-6-5-7-13-24)36(22-25-14-10-17-27(34)20-25)31(38)23-37(42(4,40)41)29-19-11-16-26-15-8-9-18-28(26)29/h5-20,30H,21-23H2,1-4H3,(H,35,39)/t30-/m0/s1. The van der Waals surface area contributed by atoms with Crippen molar-refractivity contribution >= 4 is 49.9 Å². The van der Waals surface area contributed by atoms with Gasteiger partial charge in [0.15, 0.2) is 0 Å². The van der Waals surface area contributed by atoms with E-state index < -0.39 is 34.1 Å². The van der Waals surface area contributed by atoms with Crippen molar-refractivity contribution in [2.24, 2.45) is 0 Å². The van der Waals surface area contributed by atoms with Crippen molar-refractivity contribution in [1.82, 2.24) is 10.2 Å². The molecule has 0 radical (unpaired) electrons. The maximum atomic E-state index is 14.3. The number of benzene rings is 4. The van der Waals surface area contributed by atoms with Crippen LogP contribution in [0.5, 0.6) is 0 Å². The van der Waals surface area contributed by atoms with Gasteiger partial charge in [0.05, 0.1) is 11.9 Å². The zero-order chi connectivity index (χ0) is 30.5. The first kappa shape index (κ1) is 31.1. The Bertz CT molecular complexity index is 1660. The fourth-order valence-electron chi connectivity index (χ4n) is 4.86. The van der Waals surface area contributed by atoms with Crippen molar-refractivity contribution in [1.29, 1.82) is 0 Å². The van der Waals surface area contributed by atoms with Gasteiger partial charge in [0.1, 0.15) is 12.6 Å². The summed E-state index contributed by atoms with van der Waals surface area (Å²) in [5.74, 6) is -0.851. The van der Waals surface area contributed by atoms with E-state index in [1.807, 2.05) is 87.5 Å². The quantitative estimate of drug-likeness (QED) is 0.247. The zero-order valence-corrected chi connectivity index (χ0v) is 25.8. The monoisotopic (exact) mass is 605 g/mol. The minimum absolute atomic E-state index is 0.0571. The van der Waals surface area contributed by atoms with Gasteiger partial charge >= 0.3 is 0 Å². The summed E-state index contributed by atoms with van der Waals surface area (Å²) in [5.41, 5.74) is 1.42. The van der Waals surface area contributed by atoms with Crippen molar-refractivity contribution in [3.05, 3.63) is 113 Å². The van der Waals surface area contributed by atoms with Crippen molar-refractivity contribution < 1.29 is 18.0 Å². The number of hydrogen-bond acceptors (Lipinski definition) is 4. The maximum absolute atomic E-state index is 14.3. The number of carbonyl (C=O) groups excluding carboxylic acids is 2. The second kappa shape index (κ2) is 13.0. The number of amides is 2. The summed E-state index contributed by atoms with van der Waals surface area (Å²) in [7, 11) is -3.89. The van der Waals surface area contributed by atoms with Crippen LogP contribution in [0.4, 0.5) is 5.69 Å². The molecule has 0 bridgehead atoms. The second-order valence-electron chi connectivity index (χ2n) is 11.4. The smallest absolute Gasteiger partial charge is 0.244 e. The average molecular weight is 606 g/mol. The molecule has 2 amide bonds. The molecule has 0 fully saturated rings. The summed E-state index contributed by atoms with van der Waals surface area (Å²) in [6.45, 7) is 5.20. The summed E-state index contributed by atoms with van der Waals surface area (Å²) < 4.78 is 27.5. The summed E-state index contributed by atoms with van der Waals surface area (Å²) in [5, 5.41) is 5.06. The van der Waals surface area contributed by atoms with Gasteiger partial charge in [-0.05, 0) is 55.5 Å². The summed E-state index contributed by atoms with van der Waals surface area (Å²) in [6.07, 6.45) is 1.32. The Morgan fingerprint density at radius 1 is 0.857 bits per heavy atom.